The molecule has 50 heavy (non-hydrogen) atoms. The number of rotatable bonds is 24. The summed E-state index contributed by atoms with van der Waals surface area (Å²) in [5.41, 5.74) is 11.9. The molecule has 5 amide bonds. The third kappa shape index (κ3) is 16.3. The van der Waals surface area contributed by atoms with Crippen molar-refractivity contribution in [1.82, 2.24) is 26.6 Å². The Morgan fingerprint density at radius 2 is 1.22 bits per heavy atom. The lowest BCUT2D eigenvalue weighted by Crippen LogP contribution is -2.59. The molecule has 0 heterocycles. The first-order valence-electron chi connectivity index (χ1n) is 17.2. The van der Waals surface area contributed by atoms with Gasteiger partial charge in [-0.1, -0.05) is 51.8 Å². The SMILES string of the molecule is C=CC[C@H](NC(=O)[C@H](CCCC)NC(=O)[C@H](CCCCN)NC(=O)[C@H](C)N)C(=O)N[C@@H](Cc1ccc(O)cc1)C(=O)N[C@@H](CC(C)C)C(=O)O. The fourth-order valence-electron chi connectivity index (χ4n) is 5.00. The molecule has 0 radical (unpaired) electrons. The van der Waals surface area contributed by atoms with Crippen LogP contribution in [-0.2, 0) is 35.2 Å². The number of amides is 5. The zero-order valence-electron chi connectivity index (χ0n) is 29.7. The lowest BCUT2D eigenvalue weighted by Gasteiger charge is -2.27. The van der Waals surface area contributed by atoms with Crippen LogP contribution in [0.2, 0.25) is 0 Å². The molecule has 6 atom stereocenters. The van der Waals surface area contributed by atoms with Gasteiger partial charge >= 0.3 is 5.97 Å². The van der Waals surface area contributed by atoms with Crippen LogP contribution < -0.4 is 38.1 Å². The molecule has 0 saturated carbocycles. The first kappa shape index (κ1) is 43.5. The maximum absolute atomic E-state index is 13.7. The molecule has 0 aliphatic rings. The van der Waals surface area contributed by atoms with Gasteiger partial charge in [-0.2, -0.15) is 0 Å². The van der Waals surface area contributed by atoms with Crippen molar-refractivity contribution < 1.29 is 39.0 Å². The number of hydrogen-bond acceptors (Lipinski definition) is 9. The molecule has 15 heteroatoms. The van der Waals surface area contributed by atoms with Crippen LogP contribution in [0.3, 0.4) is 0 Å². The van der Waals surface area contributed by atoms with Crippen molar-refractivity contribution in [2.45, 2.75) is 122 Å². The molecule has 0 fully saturated rings. The zero-order chi connectivity index (χ0) is 37.8. The Bertz CT molecular complexity index is 1270. The van der Waals surface area contributed by atoms with E-state index in [1.165, 1.54) is 25.1 Å². The van der Waals surface area contributed by atoms with Crippen LogP contribution in [0.1, 0.15) is 84.6 Å². The summed E-state index contributed by atoms with van der Waals surface area (Å²) in [6.45, 7) is 11.1. The number of carboxylic acid groups (broad SMARTS) is 1. The van der Waals surface area contributed by atoms with Gasteiger partial charge in [0.15, 0.2) is 0 Å². The maximum Gasteiger partial charge on any atom is 0.326 e. The number of aromatic hydroxyl groups is 1. The van der Waals surface area contributed by atoms with Gasteiger partial charge in [0.1, 0.15) is 36.0 Å². The maximum atomic E-state index is 13.7. The molecule has 0 unspecified atom stereocenters. The fourth-order valence-corrected chi connectivity index (χ4v) is 5.00. The van der Waals surface area contributed by atoms with Crippen molar-refractivity contribution in [1.29, 1.82) is 0 Å². The third-order valence-electron chi connectivity index (χ3n) is 7.84. The zero-order valence-corrected chi connectivity index (χ0v) is 29.7. The van der Waals surface area contributed by atoms with Gasteiger partial charge in [-0.05, 0) is 75.6 Å². The van der Waals surface area contributed by atoms with Crippen LogP contribution in [-0.4, -0.2) is 88.5 Å². The van der Waals surface area contributed by atoms with E-state index in [2.05, 4.69) is 33.2 Å². The molecule has 0 bridgehead atoms. The van der Waals surface area contributed by atoms with Crippen LogP contribution in [0.25, 0.3) is 0 Å². The summed E-state index contributed by atoms with van der Waals surface area (Å²) in [6.07, 6.45) is 4.45. The quantitative estimate of drug-likeness (QED) is 0.0539. The van der Waals surface area contributed by atoms with E-state index >= 15 is 0 Å². The number of carbonyl (C=O) groups is 6. The highest BCUT2D eigenvalue weighted by molar-refractivity contribution is 5.96. The van der Waals surface area contributed by atoms with Gasteiger partial charge in [-0.15, -0.1) is 6.58 Å². The largest absolute Gasteiger partial charge is 0.508 e. The second kappa shape index (κ2) is 23.0. The van der Waals surface area contributed by atoms with E-state index in [-0.39, 0.29) is 43.8 Å². The number of carbonyl (C=O) groups excluding carboxylic acids is 5. The number of hydrogen-bond donors (Lipinski definition) is 9. The van der Waals surface area contributed by atoms with Gasteiger partial charge in [-0.3, -0.25) is 24.0 Å². The number of nitrogens with one attached hydrogen (secondary N) is 5. The van der Waals surface area contributed by atoms with Crippen LogP contribution >= 0.6 is 0 Å². The van der Waals surface area contributed by atoms with Crippen molar-refractivity contribution in [2.75, 3.05) is 6.54 Å². The van der Waals surface area contributed by atoms with Gasteiger partial charge in [0.25, 0.3) is 0 Å². The topological polar surface area (TPSA) is 255 Å². The van der Waals surface area contributed by atoms with E-state index in [4.69, 9.17) is 11.5 Å². The minimum Gasteiger partial charge on any atom is -0.508 e. The number of nitrogens with two attached hydrogens (primary N) is 2. The second-order valence-corrected chi connectivity index (χ2v) is 12.9. The molecule has 0 saturated heterocycles. The lowest BCUT2D eigenvalue weighted by atomic mass is 10.0. The number of unbranched alkanes of at least 4 members (excludes halogenated alkanes) is 2. The van der Waals surface area contributed by atoms with Crippen LogP contribution in [0, 0.1) is 5.92 Å². The molecule has 11 N–H and O–H groups in total. The first-order valence-corrected chi connectivity index (χ1v) is 17.2. The summed E-state index contributed by atoms with van der Waals surface area (Å²) in [5.74, 6) is -4.53. The Morgan fingerprint density at radius 1 is 0.740 bits per heavy atom. The first-order chi connectivity index (χ1) is 23.6. The number of carboxylic acids is 1. The molecule has 0 spiro atoms. The van der Waals surface area contributed by atoms with Gasteiger partial charge < -0.3 is 48.3 Å². The van der Waals surface area contributed by atoms with E-state index in [0.717, 1.165) is 0 Å². The minimum absolute atomic E-state index is 0.00154. The molecule has 0 aromatic heterocycles. The van der Waals surface area contributed by atoms with E-state index < -0.39 is 71.8 Å². The average molecular weight is 704 g/mol. The molecule has 0 aliphatic heterocycles. The molecule has 15 nitrogen and oxygen atoms in total. The molecule has 1 aromatic carbocycles. The molecule has 1 rings (SSSR count). The van der Waals surface area contributed by atoms with Crippen molar-refractivity contribution in [3.8, 4) is 5.75 Å². The summed E-state index contributed by atoms with van der Waals surface area (Å²) in [7, 11) is 0. The van der Waals surface area contributed by atoms with E-state index in [0.29, 0.717) is 37.8 Å². The van der Waals surface area contributed by atoms with Gasteiger partial charge in [-0.25, -0.2) is 4.79 Å². The Labute approximate surface area is 294 Å². The summed E-state index contributed by atoms with van der Waals surface area (Å²) >= 11 is 0. The molecule has 280 valence electrons. The number of phenolic OH excluding ortho intramolecular Hbond substituents is 1. The molecular formula is C35H57N7O8. The Hall–Kier alpha value is -4.50. The summed E-state index contributed by atoms with van der Waals surface area (Å²) < 4.78 is 0. The average Bonchev–Trinajstić information content (AvgIpc) is 3.05. The molecule has 0 aliphatic carbocycles. The van der Waals surface area contributed by atoms with Gasteiger partial charge in [0.05, 0.1) is 6.04 Å². The van der Waals surface area contributed by atoms with E-state index in [1.54, 1.807) is 12.1 Å². The monoisotopic (exact) mass is 703 g/mol. The predicted octanol–water partition coefficient (Wildman–Crippen LogP) is 0.732. The molecular weight excluding hydrogens is 646 g/mol. The fraction of sp³-hybridized carbons (Fsp3) is 0.600. The standard InChI is InChI=1S/C35H57N7O8/c1-6-8-12-26(40-33(47)27(13-9-10-18-36)38-30(44)22(5)37)32(46)39-25(11-7-2)31(45)41-28(20-23-14-16-24(43)17-15-23)34(48)42-29(35(49)50)19-21(3)4/h7,14-17,21-22,25-29,43H,2,6,8-13,18-20,36-37H2,1,3-5H3,(H,38,44)(H,39,46)(H,40,47)(H,41,45)(H,42,48)(H,49,50)/t22-,25-,26-,27-,28-,29-/m0/s1. The van der Waals surface area contributed by atoms with Crippen LogP contribution in [0.4, 0.5) is 0 Å². The van der Waals surface area contributed by atoms with E-state index in [9.17, 15) is 39.0 Å². The summed E-state index contributed by atoms with van der Waals surface area (Å²) in [5, 5.41) is 32.6. The number of phenols is 1. The highest BCUT2D eigenvalue weighted by atomic mass is 16.4. The lowest BCUT2D eigenvalue weighted by molar-refractivity contribution is -0.142. The Morgan fingerprint density at radius 3 is 1.72 bits per heavy atom. The Kier molecular flexibility index (Phi) is 20.0. The highest BCUT2D eigenvalue weighted by Crippen LogP contribution is 2.13. The van der Waals surface area contributed by atoms with Crippen LogP contribution in [0.5, 0.6) is 5.75 Å². The number of benzene rings is 1. The third-order valence-corrected chi connectivity index (χ3v) is 7.84. The van der Waals surface area contributed by atoms with Gasteiger partial charge in [0.2, 0.25) is 29.5 Å². The second-order valence-electron chi connectivity index (χ2n) is 12.9. The van der Waals surface area contributed by atoms with Crippen molar-refractivity contribution >= 4 is 35.5 Å². The Balaban J connectivity index is 3.26. The van der Waals surface area contributed by atoms with Crippen molar-refractivity contribution in [3.05, 3.63) is 42.5 Å². The molecule has 1 aromatic rings. The van der Waals surface area contributed by atoms with E-state index in [1.807, 2.05) is 20.8 Å². The van der Waals surface area contributed by atoms with Crippen molar-refractivity contribution in [3.63, 3.8) is 0 Å². The van der Waals surface area contributed by atoms with Crippen molar-refractivity contribution in [2.24, 2.45) is 17.4 Å². The van der Waals surface area contributed by atoms with Crippen LogP contribution in [0.15, 0.2) is 36.9 Å². The normalized spacial score (nSPS) is 14.6. The summed E-state index contributed by atoms with van der Waals surface area (Å²) in [6, 6.07) is -0.577. The summed E-state index contributed by atoms with van der Waals surface area (Å²) in [4.78, 5) is 78.3. The predicted molar refractivity (Wildman–Crippen MR) is 189 cm³/mol. The number of aliphatic carboxylic acids is 1. The van der Waals surface area contributed by atoms with Gasteiger partial charge in [0, 0.05) is 6.42 Å². The smallest absolute Gasteiger partial charge is 0.326 e. The minimum atomic E-state index is -1.25. The highest BCUT2D eigenvalue weighted by Gasteiger charge is 2.32.